The molecule has 7 nitrogen and oxygen atoms in total. The Balaban J connectivity index is 1.48. The van der Waals surface area contributed by atoms with Crippen molar-refractivity contribution in [3.05, 3.63) is 53.1 Å². The van der Waals surface area contributed by atoms with Gasteiger partial charge in [-0.25, -0.2) is 14.4 Å². The molecule has 8 heteroatoms. The second-order valence-electron chi connectivity index (χ2n) is 6.73. The molecule has 1 fully saturated rings. The maximum Gasteiger partial charge on any atom is 0.270 e. The molecule has 1 aromatic heterocycles. The largest absolute Gasteiger partial charge is 0.379 e. The van der Waals surface area contributed by atoms with Gasteiger partial charge < -0.3 is 15.4 Å². The Morgan fingerprint density at radius 2 is 1.93 bits per heavy atom. The van der Waals surface area contributed by atoms with Crippen molar-refractivity contribution in [2.45, 2.75) is 13.3 Å². The van der Waals surface area contributed by atoms with Gasteiger partial charge in [0.15, 0.2) is 0 Å². The number of morpholine rings is 1. The molecule has 1 saturated heterocycles. The summed E-state index contributed by atoms with van der Waals surface area (Å²) in [5.74, 6) is -0.0382. The lowest BCUT2D eigenvalue weighted by Crippen LogP contribution is -2.41. The van der Waals surface area contributed by atoms with Crippen LogP contribution in [-0.2, 0) is 11.2 Å². The molecule has 1 amide bonds. The first-order valence-electron chi connectivity index (χ1n) is 9.52. The maximum absolute atomic E-state index is 13.0. The van der Waals surface area contributed by atoms with E-state index in [-0.39, 0.29) is 11.7 Å². The van der Waals surface area contributed by atoms with Crippen LogP contribution in [0.2, 0.25) is 0 Å². The quantitative estimate of drug-likeness (QED) is 0.717. The molecule has 2 aromatic rings. The molecule has 0 radical (unpaired) electrons. The highest BCUT2D eigenvalue weighted by molar-refractivity contribution is 5.92. The minimum absolute atomic E-state index is 0.208. The van der Waals surface area contributed by atoms with Crippen LogP contribution < -0.4 is 10.6 Å². The van der Waals surface area contributed by atoms with Gasteiger partial charge in [-0.1, -0.05) is 12.1 Å². The Bertz CT molecular complexity index is 779. The molecule has 0 spiro atoms. The molecule has 3 rings (SSSR count). The molecule has 0 bridgehead atoms. The normalized spacial score (nSPS) is 14.6. The molecule has 28 heavy (non-hydrogen) atoms. The van der Waals surface area contributed by atoms with E-state index in [4.69, 9.17) is 4.74 Å². The zero-order valence-corrected chi connectivity index (χ0v) is 16.1. The minimum atomic E-state index is -0.247. The zero-order chi connectivity index (χ0) is 19.8. The van der Waals surface area contributed by atoms with Crippen molar-refractivity contribution in [1.29, 1.82) is 0 Å². The van der Waals surface area contributed by atoms with E-state index in [1.165, 1.54) is 12.1 Å². The summed E-state index contributed by atoms with van der Waals surface area (Å²) >= 11 is 0. The van der Waals surface area contributed by atoms with Crippen molar-refractivity contribution in [3.63, 3.8) is 0 Å². The van der Waals surface area contributed by atoms with Crippen LogP contribution in [0.3, 0.4) is 0 Å². The summed E-state index contributed by atoms with van der Waals surface area (Å²) in [4.78, 5) is 23.3. The predicted octanol–water partition coefficient (Wildman–Crippen LogP) is 1.64. The zero-order valence-electron chi connectivity index (χ0n) is 16.1. The van der Waals surface area contributed by atoms with Crippen LogP contribution in [0.5, 0.6) is 0 Å². The van der Waals surface area contributed by atoms with Crippen LogP contribution in [0, 0.1) is 12.7 Å². The van der Waals surface area contributed by atoms with Crippen molar-refractivity contribution < 1.29 is 13.9 Å². The summed E-state index contributed by atoms with van der Waals surface area (Å²) in [6.07, 6.45) is 0.707. The van der Waals surface area contributed by atoms with Gasteiger partial charge in [-0.3, -0.25) is 9.69 Å². The highest BCUT2D eigenvalue weighted by atomic mass is 19.1. The Kier molecular flexibility index (Phi) is 7.27. The first-order chi connectivity index (χ1) is 13.6. The van der Waals surface area contributed by atoms with E-state index >= 15 is 0 Å². The van der Waals surface area contributed by atoms with E-state index in [0.717, 1.165) is 44.1 Å². The maximum atomic E-state index is 13.0. The highest BCUT2D eigenvalue weighted by Crippen LogP contribution is 2.07. The van der Waals surface area contributed by atoms with E-state index in [9.17, 15) is 9.18 Å². The van der Waals surface area contributed by atoms with Gasteiger partial charge in [0, 0.05) is 38.4 Å². The van der Waals surface area contributed by atoms with Crippen LogP contribution in [0.4, 0.5) is 10.3 Å². The molecule has 1 aliphatic rings. The monoisotopic (exact) mass is 387 g/mol. The van der Waals surface area contributed by atoms with E-state index in [2.05, 4.69) is 25.5 Å². The number of hydrogen-bond donors (Lipinski definition) is 2. The highest BCUT2D eigenvalue weighted by Gasteiger charge is 2.13. The number of amides is 1. The molecule has 2 N–H and O–H groups in total. The standard InChI is InChI=1S/C20H26FN5O2/c1-15-14-18(19(27)22-8-9-26-10-12-28-13-11-26)25-20(24-15)23-7-6-16-2-4-17(21)5-3-16/h2-5,14H,6-13H2,1H3,(H,22,27)(H,23,24,25). The number of rotatable bonds is 8. The number of ether oxygens (including phenoxy) is 1. The number of aryl methyl sites for hydroxylation is 1. The molecule has 0 aliphatic carbocycles. The van der Waals surface area contributed by atoms with Gasteiger partial charge in [-0.05, 0) is 37.1 Å². The van der Waals surface area contributed by atoms with Crippen molar-refractivity contribution in [2.75, 3.05) is 51.3 Å². The third-order valence-corrected chi connectivity index (χ3v) is 4.51. The fourth-order valence-corrected chi connectivity index (χ4v) is 2.98. The molecule has 1 aliphatic heterocycles. The van der Waals surface area contributed by atoms with Crippen LogP contribution in [0.1, 0.15) is 21.7 Å². The number of carbonyl (C=O) groups is 1. The van der Waals surface area contributed by atoms with E-state index in [1.54, 1.807) is 18.2 Å². The summed E-state index contributed by atoms with van der Waals surface area (Å²) in [6.45, 7) is 7.05. The molecular formula is C20H26FN5O2. The third kappa shape index (κ3) is 6.24. The number of carbonyl (C=O) groups excluding carboxylic acids is 1. The molecule has 0 saturated carbocycles. The Morgan fingerprint density at radius 3 is 2.68 bits per heavy atom. The fourth-order valence-electron chi connectivity index (χ4n) is 2.98. The Hall–Kier alpha value is -2.58. The molecular weight excluding hydrogens is 361 g/mol. The first kappa shape index (κ1) is 20.2. The topological polar surface area (TPSA) is 79.4 Å². The van der Waals surface area contributed by atoms with Gasteiger partial charge in [0.25, 0.3) is 5.91 Å². The molecule has 0 atom stereocenters. The minimum Gasteiger partial charge on any atom is -0.379 e. The van der Waals surface area contributed by atoms with Gasteiger partial charge in [0.1, 0.15) is 11.5 Å². The van der Waals surface area contributed by atoms with Crippen LogP contribution in [0.15, 0.2) is 30.3 Å². The van der Waals surface area contributed by atoms with Crippen molar-refractivity contribution >= 4 is 11.9 Å². The first-order valence-corrected chi connectivity index (χ1v) is 9.52. The number of aromatic nitrogens is 2. The third-order valence-electron chi connectivity index (χ3n) is 4.51. The number of halogens is 1. The van der Waals surface area contributed by atoms with Crippen LogP contribution in [0.25, 0.3) is 0 Å². The van der Waals surface area contributed by atoms with E-state index < -0.39 is 0 Å². The molecule has 1 aromatic carbocycles. The van der Waals surface area contributed by atoms with Crippen LogP contribution >= 0.6 is 0 Å². The summed E-state index contributed by atoms with van der Waals surface area (Å²) in [5, 5.41) is 6.05. The van der Waals surface area contributed by atoms with Crippen molar-refractivity contribution in [3.8, 4) is 0 Å². The smallest absolute Gasteiger partial charge is 0.270 e. The number of benzene rings is 1. The predicted molar refractivity (Wildman–Crippen MR) is 105 cm³/mol. The average Bonchev–Trinajstić information content (AvgIpc) is 2.70. The number of nitrogens with zero attached hydrogens (tertiary/aromatic N) is 3. The second kappa shape index (κ2) is 10.1. The van der Waals surface area contributed by atoms with E-state index in [0.29, 0.717) is 31.2 Å². The van der Waals surface area contributed by atoms with Crippen molar-refractivity contribution in [2.24, 2.45) is 0 Å². The van der Waals surface area contributed by atoms with Gasteiger partial charge in [0.05, 0.1) is 13.2 Å². The molecule has 2 heterocycles. The molecule has 0 unspecified atom stereocenters. The fraction of sp³-hybridized carbons (Fsp3) is 0.450. The van der Waals surface area contributed by atoms with Crippen LogP contribution in [-0.4, -0.2) is 66.7 Å². The molecule has 150 valence electrons. The number of nitrogens with one attached hydrogen (secondary N) is 2. The summed E-state index contributed by atoms with van der Waals surface area (Å²) < 4.78 is 18.3. The number of anilines is 1. The summed E-state index contributed by atoms with van der Waals surface area (Å²) in [5.41, 5.74) is 2.08. The Labute approximate surface area is 164 Å². The lowest BCUT2D eigenvalue weighted by atomic mass is 10.1. The summed E-state index contributed by atoms with van der Waals surface area (Å²) in [6, 6.07) is 8.06. The van der Waals surface area contributed by atoms with Gasteiger partial charge >= 0.3 is 0 Å². The van der Waals surface area contributed by atoms with E-state index in [1.807, 2.05) is 6.92 Å². The van der Waals surface area contributed by atoms with Gasteiger partial charge in [0.2, 0.25) is 5.95 Å². The van der Waals surface area contributed by atoms with Gasteiger partial charge in [-0.2, -0.15) is 0 Å². The average molecular weight is 387 g/mol. The van der Waals surface area contributed by atoms with Crippen molar-refractivity contribution in [1.82, 2.24) is 20.2 Å². The number of hydrogen-bond acceptors (Lipinski definition) is 6. The second-order valence-corrected chi connectivity index (χ2v) is 6.73. The Morgan fingerprint density at radius 1 is 1.18 bits per heavy atom. The lowest BCUT2D eigenvalue weighted by molar-refractivity contribution is 0.0383. The lowest BCUT2D eigenvalue weighted by Gasteiger charge is -2.26. The SMILES string of the molecule is Cc1cc(C(=O)NCCN2CCOCC2)nc(NCCc2ccc(F)cc2)n1. The summed E-state index contributed by atoms with van der Waals surface area (Å²) in [7, 11) is 0. The van der Waals surface area contributed by atoms with Gasteiger partial charge in [-0.15, -0.1) is 0 Å².